The number of hydrogen-bond donors (Lipinski definition) is 1. The first kappa shape index (κ1) is 20.4. The van der Waals surface area contributed by atoms with E-state index in [9.17, 15) is 23.6 Å². The molecule has 2 heterocycles. The molecule has 1 aliphatic heterocycles. The summed E-state index contributed by atoms with van der Waals surface area (Å²) < 4.78 is 31.2. The molecule has 10 nitrogen and oxygen atoms in total. The smallest absolute Gasteiger partial charge is 0.347 e. The minimum atomic E-state index is -1.99. The summed E-state index contributed by atoms with van der Waals surface area (Å²) in [6.45, 7) is 1.99. The molecule has 0 bridgehead atoms. The van der Waals surface area contributed by atoms with Gasteiger partial charge in [0, 0.05) is 6.92 Å². The number of carbonyl (C=O) groups is 2. The Balaban J connectivity index is 1.81. The van der Waals surface area contributed by atoms with Crippen molar-refractivity contribution in [2.24, 2.45) is 0 Å². The average molecular weight is 407 g/mol. The van der Waals surface area contributed by atoms with Gasteiger partial charge in [-0.25, -0.2) is 14.0 Å². The Bertz CT molecular complexity index is 1020. The molecule has 1 saturated heterocycles. The first-order valence-electron chi connectivity index (χ1n) is 8.66. The molecule has 1 aliphatic rings. The Morgan fingerprint density at radius 1 is 1.28 bits per heavy atom. The Hall–Kier alpha value is -3.34. The number of aromatic amines is 1. The first-order chi connectivity index (χ1) is 13.8. The van der Waals surface area contributed by atoms with Crippen molar-refractivity contribution in [3.8, 4) is 0 Å². The van der Waals surface area contributed by atoms with Gasteiger partial charge in [-0.1, -0.05) is 18.2 Å². The molecule has 11 heteroatoms. The minimum absolute atomic E-state index is 0.0802. The number of halogens is 1. The van der Waals surface area contributed by atoms with Crippen LogP contribution in [0.3, 0.4) is 0 Å². The third-order valence-electron chi connectivity index (χ3n) is 4.21. The largest absolute Gasteiger partial charge is 0.459 e. The summed E-state index contributed by atoms with van der Waals surface area (Å²) in [5.41, 5.74) is -1.51. The molecule has 0 unspecified atom stereocenters. The van der Waals surface area contributed by atoms with E-state index in [1.165, 1.54) is 19.1 Å². The minimum Gasteiger partial charge on any atom is -0.459 e. The van der Waals surface area contributed by atoms with Crippen LogP contribution in [0.25, 0.3) is 0 Å². The lowest BCUT2D eigenvalue weighted by molar-refractivity contribution is -0.152. The van der Waals surface area contributed by atoms with Gasteiger partial charge >= 0.3 is 17.6 Å². The maximum Gasteiger partial charge on any atom is 0.347 e. The average Bonchev–Trinajstić information content (AvgIpc) is 2.98. The van der Waals surface area contributed by atoms with Crippen molar-refractivity contribution in [2.75, 3.05) is 6.61 Å². The van der Waals surface area contributed by atoms with E-state index in [1.807, 2.05) is 4.98 Å². The fourth-order valence-corrected chi connectivity index (χ4v) is 2.84. The van der Waals surface area contributed by atoms with E-state index < -0.39 is 54.4 Å². The predicted molar refractivity (Wildman–Crippen MR) is 94.9 cm³/mol. The van der Waals surface area contributed by atoms with E-state index in [4.69, 9.17) is 14.2 Å². The molecule has 1 aromatic heterocycles. The van der Waals surface area contributed by atoms with Crippen molar-refractivity contribution in [3.05, 3.63) is 62.4 Å². The summed E-state index contributed by atoms with van der Waals surface area (Å²) in [4.78, 5) is 49.0. The van der Waals surface area contributed by atoms with Crippen molar-refractivity contribution >= 4 is 11.9 Å². The molecule has 1 aromatic carbocycles. The summed E-state index contributed by atoms with van der Waals surface area (Å²) >= 11 is 0. The van der Waals surface area contributed by atoms with Gasteiger partial charge in [-0.3, -0.25) is 14.6 Å². The highest BCUT2D eigenvalue weighted by Gasteiger charge is 2.50. The van der Waals surface area contributed by atoms with Crippen LogP contribution in [0.5, 0.6) is 0 Å². The zero-order valence-corrected chi connectivity index (χ0v) is 15.5. The van der Waals surface area contributed by atoms with Crippen molar-refractivity contribution in [3.63, 3.8) is 0 Å². The normalized spacial score (nSPS) is 23.6. The SMILES string of the molecule is CC(=O)O[C@H]1[C@@H](F)[C@H](n2nc(C)c(=O)[nH]c2=O)O[C@@H]1COC(=O)c1ccccc1. The van der Waals surface area contributed by atoms with E-state index in [2.05, 4.69) is 5.10 Å². The number of rotatable bonds is 5. The maximum absolute atomic E-state index is 15.0. The Morgan fingerprint density at radius 2 is 1.97 bits per heavy atom. The first-order valence-corrected chi connectivity index (χ1v) is 8.66. The number of alkyl halides is 1. The van der Waals surface area contributed by atoms with Gasteiger partial charge in [0.2, 0.25) is 0 Å². The molecule has 0 saturated carbocycles. The van der Waals surface area contributed by atoms with Crippen LogP contribution in [0.4, 0.5) is 4.39 Å². The van der Waals surface area contributed by atoms with Crippen molar-refractivity contribution < 1.29 is 28.2 Å². The highest BCUT2D eigenvalue weighted by Crippen LogP contribution is 2.33. The Morgan fingerprint density at radius 3 is 2.62 bits per heavy atom. The predicted octanol–water partition coefficient (Wildman–Crippen LogP) is 0.264. The molecule has 0 aliphatic carbocycles. The van der Waals surface area contributed by atoms with Gasteiger partial charge in [-0.15, -0.1) is 0 Å². The maximum atomic E-state index is 15.0. The summed E-state index contributed by atoms with van der Waals surface area (Å²) in [7, 11) is 0. The van der Waals surface area contributed by atoms with Gasteiger partial charge in [0.05, 0.1) is 5.56 Å². The van der Waals surface area contributed by atoms with Gasteiger partial charge in [0.15, 0.2) is 18.5 Å². The quantitative estimate of drug-likeness (QED) is 0.699. The van der Waals surface area contributed by atoms with Gasteiger partial charge < -0.3 is 14.2 Å². The lowest BCUT2D eigenvalue weighted by Crippen LogP contribution is -2.40. The van der Waals surface area contributed by atoms with Crippen LogP contribution in [0, 0.1) is 6.92 Å². The highest BCUT2D eigenvalue weighted by molar-refractivity contribution is 5.89. The number of ether oxygens (including phenoxy) is 3. The van der Waals surface area contributed by atoms with Crippen LogP contribution in [-0.4, -0.2) is 51.7 Å². The second kappa shape index (κ2) is 8.35. The van der Waals surface area contributed by atoms with Gasteiger partial charge in [0.25, 0.3) is 5.56 Å². The van der Waals surface area contributed by atoms with Gasteiger partial charge in [-0.2, -0.15) is 9.78 Å². The molecular weight excluding hydrogens is 389 g/mol. The molecule has 4 atom stereocenters. The number of H-pyrrole nitrogens is 1. The summed E-state index contributed by atoms with van der Waals surface area (Å²) in [5.74, 6) is -1.45. The Kier molecular flexibility index (Phi) is 5.87. The van der Waals surface area contributed by atoms with Crippen molar-refractivity contribution in [1.82, 2.24) is 14.8 Å². The number of esters is 2. The van der Waals surface area contributed by atoms with Crippen LogP contribution in [0.2, 0.25) is 0 Å². The number of aryl methyl sites for hydroxylation is 1. The fraction of sp³-hybridized carbons (Fsp3) is 0.389. The monoisotopic (exact) mass is 407 g/mol. The molecule has 1 fully saturated rings. The van der Waals surface area contributed by atoms with Crippen LogP contribution < -0.4 is 11.2 Å². The summed E-state index contributed by atoms with van der Waals surface area (Å²) in [6, 6.07) is 8.09. The van der Waals surface area contributed by atoms with Crippen LogP contribution in [0.15, 0.2) is 39.9 Å². The van der Waals surface area contributed by atoms with E-state index in [0.29, 0.717) is 4.68 Å². The molecule has 0 radical (unpaired) electrons. The number of aromatic nitrogens is 3. The van der Waals surface area contributed by atoms with Crippen molar-refractivity contribution in [2.45, 2.75) is 38.5 Å². The standard InChI is InChI=1S/C18H18FN3O7/c1-9-15(24)20-18(26)22(21-9)16-13(19)14(28-10(2)23)12(29-16)8-27-17(25)11-6-4-3-5-7-11/h3-7,12-14,16H,8H2,1-2H3,(H,20,24,26)/t12-,13-,14-,16-/m1/s1. The lowest BCUT2D eigenvalue weighted by atomic mass is 10.1. The topological polar surface area (TPSA) is 130 Å². The van der Waals surface area contributed by atoms with Gasteiger partial charge in [0.1, 0.15) is 18.4 Å². The van der Waals surface area contributed by atoms with Crippen LogP contribution in [-0.2, 0) is 19.0 Å². The number of hydrogen-bond acceptors (Lipinski definition) is 8. The molecule has 3 rings (SSSR count). The fourth-order valence-electron chi connectivity index (χ4n) is 2.84. The number of benzene rings is 1. The molecule has 0 amide bonds. The molecule has 2 aromatic rings. The molecule has 0 spiro atoms. The summed E-state index contributed by atoms with van der Waals surface area (Å²) in [5, 5.41) is 3.74. The summed E-state index contributed by atoms with van der Waals surface area (Å²) in [6.07, 6.45) is -6.20. The van der Waals surface area contributed by atoms with E-state index in [0.717, 1.165) is 6.92 Å². The Labute approximate surface area is 163 Å². The van der Waals surface area contributed by atoms with E-state index >= 15 is 0 Å². The highest BCUT2D eigenvalue weighted by atomic mass is 19.1. The number of carbonyl (C=O) groups excluding carboxylic acids is 2. The van der Waals surface area contributed by atoms with Crippen LogP contribution >= 0.6 is 0 Å². The molecule has 154 valence electrons. The lowest BCUT2D eigenvalue weighted by Gasteiger charge is -2.18. The molecular formula is C18H18FN3O7. The van der Waals surface area contributed by atoms with Crippen molar-refractivity contribution in [1.29, 1.82) is 0 Å². The van der Waals surface area contributed by atoms with E-state index in [1.54, 1.807) is 18.2 Å². The van der Waals surface area contributed by atoms with Crippen LogP contribution in [0.1, 0.15) is 29.2 Å². The molecule has 29 heavy (non-hydrogen) atoms. The molecule has 1 N–H and O–H groups in total. The number of nitrogens with one attached hydrogen (secondary N) is 1. The van der Waals surface area contributed by atoms with E-state index in [-0.39, 0.29) is 11.3 Å². The number of nitrogens with zero attached hydrogens (tertiary/aromatic N) is 2. The second-order valence-corrected chi connectivity index (χ2v) is 6.34. The zero-order chi connectivity index (χ0) is 21.1. The van der Waals surface area contributed by atoms with Gasteiger partial charge in [-0.05, 0) is 19.1 Å². The second-order valence-electron chi connectivity index (χ2n) is 6.34. The third kappa shape index (κ3) is 4.40. The third-order valence-corrected chi connectivity index (χ3v) is 4.21. The zero-order valence-electron chi connectivity index (χ0n) is 15.5.